The van der Waals surface area contributed by atoms with E-state index in [-0.39, 0.29) is 5.92 Å². The van der Waals surface area contributed by atoms with Gasteiger partial charge in [-0.3, -0.25) is 0 Å². The van der Waals surface area contributed by atoms with Crippen molar-refractivity contribution in [1.82, 2.24) is 15.5 Å². The van der Waals surface area contributed by atoms with Crippen molar-refractivity contribution in [3.05, 3.63) is 0 Å². The van der Waals surface area contributed by atoms with Crippen LogP contribution in [-0.2, 0) is 9.53 Å². The zero-order valence-electron chi connectivity index (χ0n) is 12.8. The van der Waals surface area contributed by atoms with E-state index in [4.69, 9.17) is 9.84 Å². The lowest BCUT2D eigenvalue weighted by Gasteiger charge is -2.17. The number of ether oxygens (including phenoxy) is 1. The monoisotopic (exact) mass is 289 g/mol. The minimum Gasteiger partial charge on any atom is -0.480 e. The summed E-state index contributed by atoms with van der Waals surface area (Å²) >= 11 is 0. The molecule has 0 aliphatic heterocycles. The molecule has 20 heavy (non-hydrogen) atoms. The smallest absolute Gasteiger partial charge is 0.326 e. The van der Waals surface area contributed by atoms with Crippen LogP contribution in [0.15, 0.2) is 0 Å². The molecule has 2 amide bonds. The van der Waals surface area contributed by atoms with Crippen molar-refractivity contribution >= 4 is 12.0 Å². The summed E-state index contributed by atoms with van der Waals surface area (Å²) in [5, 5.41) is 14.0. The van der Waals surface area contributed by atoms with Gasteiger partial charge in [-0.2, -0.15) is 0 Å². The minimum absolute atomic E-state index is 0.200. The first-order valence-corrected chi connectivity index (χ1v) is 6.82. The second-order valence-electron chi connectivity index (χ2n) is 5.34. The summed E-state index contributed by atoms with van der Waals surface area (Å²) in [5.41, 5.74) is 0. The van der Waals surface area contributed by atoms with E-state index in [0.29, 0.717) is 26.2 Å². The van der Waals surface area contributed by atoms with Gasteiger partial charge < -0.3 is 25.4 Å². The largest absolute Gasteiger partial charge is 0.480 e. The molecule has 0 bridgehead atoms. The summed E-state index contributed by atoms with van der Waals surface area (Å²) in [5.74, 6) is -0.818. The predicted octanol–water partition coefficient (Wildman–Crippen LogP) is 0.363. The lowest BCUT2D eigenvalue weighted by molar-refractivity contribution is -0.139. The molecule has 0 aliphatic rings. The third kappa shape index (κ3) is 10.6. The van der Waals surface area contributed by atoms with Crippen molar-refractivity contribution < 1.29 is 19.4 Å². The van der Waals surface area contributed by atoms with Crippen LogP contribution in [0.1, 0.15) is 20.3 Å². The first-order chi connectivity index (χ1) is 9.32. The van der Waals surface area contributed by atoms with Gasteiger partial charge in [0, 0.05) is 13.1 Å². The van der Waals surface area contributed by atoms with Crippen LogP contribution in [0, 0.1) is 5.92 Å². The Morgan fingerprint density at radius 2 is 1.90 bits per heavy atom. The summed E-state index contributed by atoms with van der Waals surface area (Å²) in [7, 11) is 3.91. The second kappa shape index (κ2) is 10.4. The Balaban J connectivity index is 3.77. The molecule has 1 unspecified atom stereocenters. The van der Waals surface area contributed by atoms with E-state index in [0.717, 1.165) is 6.54 Å². The number of rotatable bonds is 10. The van der Waals surface area contributed by atoms with E-state index in [9.17, 15) is 9.59 Å². The molecule has 0 aliphatic carbocycles. The van der Waals surface area contributed by atoms with Crippen LogP contribution in [-0.4, -0.2) is 68.4 Å². The molecular weight excluding hydrogens is 262 g/mol. The van der Waals surface area contributed by atoms with Crippen molar-refractivity contribution in [1.29, 1.82) is 0 Å². The van der Waals surface area contributed by atoms with Crippen LogP contribution in [0.2, 0.25) is 0 Å². The summed E-state index contributed by atoms with van der Waals surface area (Å²) in [6, 6.07) is -1.33. The lowest BCUT2D eigenvalue weighted by atomic mass is 10.0. The molecule has 0 heterocycles. The van der Waals surface area contributed by atoms with Crippen molar-refractivity contribution in [2.24, 2.45) is 5.92 Å². The lowest BCUT2D eigenvalue weighted by Crippen LogP contribution is -2.47. The van der Waals surface area contributed by atoms with Gasteiger partial charge in [-0.1, -0.05) is 13.8 Å². The molecule has 0 aromatic rings. The highest BCUT2D eigenvalue weighted by Crippen LogP contribution is 2.04. The van der Waals surface area contributed by atoms with Gasteiger partial charge in [0.25, 0.3) is 0 Å². The van der Waals surface area contributed by atoms with Crippen LogP contribution < -0.4 is 10.6 Å². The van der Waals surface area contributed by atoms with E-state index < -0.39 is 18.0 Å². The topological polar surface area (TPSA) is 90.9 Å². The predicted molar refractivity (Wildman–Crippen MR) is 76.8 cm³/mol. The molecule has 0 radical (unpaired) electrons. The summed E-state index contributed by atoms with van der Waals surface area (Å²) in [4.78, 5) is 24.5. The van der Waals surface area contributed by atoms with Gasteiger partial charge in [-0.15, -0.1) is 0 Å². The Morgan fingerprint density at radius 3 is 2.40 bits per heavy atom. The summed E-state index contributed by atoms with van der Waals surface area (Å²) in [6.45, 7) is 6.00. The van der Waals surface area contributed by atoms with Gasteiger partial charge in [-0.05, 0) is 26.4 Å². The molecular formula is C13H27N3O4. The number of nitrogens with one attached hydrogen (secondary N) is 2. The zero-order chi connectivity index (χ0) is 15.5. The van der Waals surface area contributed by atoms with Crippen molar-refractivity contribution in [2.45, 2.75) is 26.3 Å². The molecule has 0 fully saturated rings. The fourth-order valence-electron chi connectivity index (χ4n) is 1.49. The molecule has 3 N–H and O–H groups in total. The Labute approximate surface area is 120 Å². The maximum atomic E-state index is 11.5. The molecule has 7 heteroatoms. The van der Waals surface area contributed by atoms with E-state index in [2.05, 4.69) is 10.6 Å². The average Bonchev–Trinajstić information content (AvgIpc) is 2.31. The summed E-state index contributed by atoms with van der Waals surface area (Å²) < 4.78 is 5.31. The van der Waals surface area contributed by atoms with Gasteiger partial charge in [0.1, 0.15) is 6.04 Å². The van der Waals surface area contributed by atoms with E-state index in [1.54, 1.807) is 0 Å². The third-order valence-corrected chi connectivity index (χ3v) is 2.53. The normalized spacial score (nSPS) is 12.5. The number of likely N-dealkylation sites (N-methyl/N-ethyl adjacent to an activating group) is 1. The number of carbonyl (C=O) groups excluding carboxylic acids is 1. The average molecular weight is 289 g/mol. The van der Waals surface area contributed by atoms with Crippen LogP contribution >= 0.6 is 0 Å². The number of amides is 2. The van der Waals surface area contributed by atoms with Crippen LogP contribution in [0.4, 0.5) is 4.79 Å². The fraction of sp³-hybridized carbons (Fsp3) is 0.846. The van der Waals surface area contributed by atoms with Gasteiger partial charge >= 0.3 is 12.0 Å². The van der Waals surface area contributed by atoms with Gasteiger partial charge in [0.05, 0.1) is 13.2 Å². The zero-order valence-corrected chi connectivity index (χ0v) is 12.8. The SMILES string of the molecule is CC(C)CC(NC(=O)NCCOCCN(C)C)C(=O)O. The van der Waals surface area contributed by atoms with E-state index in [1.165, 1.54) is 0 Å². The number of hydrogen-bond donors (Lipinski definition) is 3. The van der Waals surface area contributed by atoms with Crippen molar-refractivity contribution in [2.75, 3.05) is 40.4 Å². The summed E-state index contributed by atoms with van der Waals surface area (Å²) in [6.07, 6.45) is 0.405. The van der Waals surface area contributed by atoms with Gasteiger partial charge in [0.2, 0.25) is 0 Å². The number of carboxylic acids is 1. The first kappa shape index (κ1) is 18.7. The molecule has 1 atom stereocenters. The molecule has 0 spiro atoms. The van der Waals surface area contributed by atoms with Gasteiger partial charge in [-0.25, -0.2) is 9.59 Å². The van der Waals surface area contributed by atoms with Crippen LogP contribution in [0.3, 0.4) is 0 Å². The van der Waals surface area contributed by atoms with E-state index >= 15 is 0 Å². The molecule has 0 aromatic heterocycles. The number of urea groups is 1. The number of aliphatic carboxylic acids is 1. The van der Waals surface area contributed by atoms with Gasteiger partial charge in [0.15, 0.2) is 0 Å². The molecule has 0 saturated heterocycles. The molecule has 118 valence electrons. The maximum Gasteiger partial charge on any atom is 0.326 e. The maximum absolute atomic E-state index is 11.5. The van der Waals surface area contributed by atoms with Crippen molar-refractivity contribution in [3.8, 4) is 0 Å². The number of carboxylic acid groups (broad SMARTS) is 1. The van der Waals surface area contributed by atoms with Crippen molar-refractivity contribution in [3.63, 3.8) is 0 Å². The number of hydrogen-bond acceptors (Lipinski definition) is 4. The Morgan fingerprint density at radius 1 is 1.25 bits per heavy atom. The Bertz CT molecular complexity index is 295. The minimum atomic E-state index is -1.02. The third-order valence-electron chi connectivity index (χ3n) is 2.53. The Hall–Kier alpha value is -1.34. The quantitative estimate of drug-likeness (QED) is 0.505. The number of nitrogens with zero attached hydrogens (tertiary/aromatic N) is 1. The fourth-order valence-corrected chi connectivity index (χ4v) is 1.49. The highest BCUT2D eigenvalue weighted by atomic mass is 16.5. The highest BCUT2D eigenvalue weighted by molar-refractivity contribution is 5.82. The molecule has 0 rings (SSSR count). The van der Waals surface area contributed by atoms with Crippen LogP contribution in [0.25, 0.3) is 0 Å². The molecule has 0 saturated carbocycles. The number of carbonyl (C=O) groups is 2. The first-order valence-electron chi connectivity index (χ1n) is 6.82. The second-order valence-corrected chi connectivity index (χ2v) is 5.34. The molecule has 0 aromatic carbocycles. The molecule has 7 nitrogen and oxygen atoms in total. The highest BCUT2D eigenvalue weighted by Gasteiger charge is 2.20. The standard InChI is InChI=1S/C13H27N3O4/c1-10(2)9-11(12(17)18)15-13(19)14-5-7-20-8-6-16(3)4/h10-11H,5-9H2,1-4H3,(H,17,18)(H2,14,15,19). The van der Waals surface area contributed by atoms with Crippen LogP contribution in [0.5, 0.6) is 0 Å². The Kier molecular flexibility index (Phi) is 9.75. The van der Waals surface area contributed by atoms with E-state index in [1.807, 2.05) is 32.8 Å².